The molecule has 18 nitrogen and oxygen atoms in total. The first-order valence-electron chi connectivity index (χ1n) is 10.6. The van der Waals surface area contributed by atoms with Crippen molar-refractivity contribution in [2.45, 2.75) is 12.8 Å². The summed E-state index contributed by atoms with van der Waals surface area (Å²) in [6.45, 7) is 0. The third-order valence-corrected chi connectivity index (χ3v) is 5.56. The molecule has 2 N–H and O–H groups in total. The van der Waals surface area contributed by atoms with Gasteiger partial charge in [0, 0.05) is 36.5 Å². The fourth-order valence-electron chi connectivity index (χ4n) is 2.72. The normalized spacial score (nSPS) is 10.9. The number of hydrogen-bond acceptors (Lipinski definition) is 13. The van der Waals surface area contributed by atoms with Gasteiger partial charge in [-0.3, -0.25) is 50.0 Å². The monoisotopic (exact) mass is 562 g/mol. The second kappa shape index (κ2) is 14.4. The van der Waals surface area contributed by atoms with Gasteiger partial charge in [-0.25, -0.2) is 10.9 Å². The molecular formula is C20H18N8O10S. The standard InChI is InChI=1S/C20H18N8O10S/c29-19(23-21-11-13-1-3-15(25(31)32)9-17(13)27(35)36)5-7-39-8-6-20(30)24-22-12-14-2-4-16(26(33)34)10-18(14)28(37)38/h1-4,9-12H,5-8H2,(H,23,29)(H,24,30)/b21-11+,22-12?. The smallest absolute Gasteiger partial charge is 0.273 e. The van der Waals surface area contributed by atoms with E-state index in [1.165, 1.54) is 11.8 Å². The number of thioether (sulfide) groups is 1. The lowest BCUT2D eigenvalue weighted by atomic mass is 10.2. The molecular weight excluding hydrogens is 544 g/mol. The average molecular weight is 562 g/mol. The van der Waals surface area contributed by atoms with Crippen LogP contribution in [0.5, 0.6) is 0 Å². The topological polar surface area (TPSA) is 255 Å². The van der Waals surface area contributed by atoms with Gasteiger partial charge >= 0.3 is 0 Å². The van der Waals surface area contributed by atoms with Crippen LogP contribution < -0.4 is 10.9 Å². The summed E-state index contributed by atoms with van der Waals surface area (Å²) in [5, 5.41) is 50.9. The molecule has 0 aliphatic carbocycles. The van der Waals surface area contributed by atoms with Gasteiger partial charge in [-0.15, -0.1) is 0 Å². The summed E-state index contributed by atoms with van der Waals surface area (Å²) >= 11 is 1.26. The second-order valence-electron chi connectivity index (χ2n) is 7.21. The molecule has 2 aromatic rings. The molecule has 0 unspecified atom stereocenters. The Hall–Kier alpha value is -5.33. The molecule has 0 bridgehead atoms. The van der Waals surface area contributed by atoms with Gasteiger partial charge in [-0.05, 0) is 12.1 Å². The number of amides is 2. The number of carbonyl (C=O) groups is 2. The number of rotatable bonds is 14. The first kappa shape index (κ1) is 29.9. The van der Waals surface area contributed by atoms with E-state index in [-0.39, 0.29) is 24.0 Å². The largest absolute Gasteiger partial charge is 0.285 e. The Morgan fingerprint density at radius 3 is 1.41 bits per heavy atom. The molecule has 0 fully saturated rings. The molecule has 2 rings (SSSR count). The first-order chi connectivity index (χ1) is 18.5. The number of nitrogens with one attached hydrogen (secondary N) is 2. The lowest BCUT2D eigenvalue weighted by molar-refractivity contribution is -0.394. The van der Waals surface area contributed by atoms with Gasteiger partial charge in [0.15, 0.2) is 0 Å². The number of nitro groups is 4. The molecule has 2 aromatic carbocycles. The zero-order chi connectivity index (χ0) is 28.9. The predicted molar refractivity (Wildman–Crippen MR) is 138 cm³/mol. The zero-order valence-corrected chi connectivity index (χ0v) is 20.4. The van der Waals surface area contributed by atoms with E-state index in [2.05, 4.69) is 21.1 Å². The molecule has 19 heteroatoms. The summed E-state index contributed by atoms with van der Waals surface area (Å²) in [5.41, 5.74) is 2.24. The Balaban J connectivity index is 1.73. The number of nitrogens with zero attached hydrogens (tertiary/aromatic N) is 6. The molecule has 0 atom stereocenters. The van der Waals surface area contributed by atoms with Crippen LogP contribution in [0.2, 0.25) is 0 Å². The number of hydrogen-bond donors (Lipinski definition) is 2. The number of non-ortho nitro benzene ring substituents is 2. The van der Waals surface area contributed by atoms with E-state index in [4.69, 9.17) is 0 Å². The molecule has 0 spiro atoms. The Bertz CT molecular complexity index is 1260. The molecule has 39 heavy (non-hydrogen) atoms. The van der Waals surface area contributed by atoms with Crippen molar-refractivity contribution >= 4 is 58.8 Å². The summed E-state index contributed by atoms with van der Waals surface area (Å²) in [4.78, 5) is 64.2. The maximum atomic E-state index is 11.9. The third kappa shape index (κ3) is 9.57. The van der Waals surface area contributed by atoms with E-state index in [9.17, 15) is 50.0 Å². The molecule has 0 heterocycles. The third-order valence-electron chi connectivity index (χ3n) is 4.58. The van der Waals surface area contributed by atoms with Crippen LogP contribution >= 0.6 is 11.8 Å². The highest BCUT2D eigenvalue weighted by Crippen LogP contribution is 2.24. The van der Waals surface area contributed by atoms with E-state index < -0.39 is 54.3 Å². The van der Waals surface area contributed by atoms with Crippen LogP contribution in [0.4, 0.5) is 22.7 Å². The Labute approximate surface area is 221 Å². The number of benzene rings is 2. The summed E-state index contributed by atoms with van der Waals surface area (Å²) in [6.07, 6.45) is 1.99. The van der Waals surface area contributed by atoms with Gasteiger partial charge in [0.1, 0.15) is 0 Å². The summed E-state index contributed by atoms with van der Waals surface area (Å²) in [6, 6.07) is 5.94. The zero-order valence-electron chi connectivity index (χ0n) is 19.6. The molecule has 2 amide bonds. The highest BCUT2D eigenvalue weighted by Gasteiger charge is 2.19. The molecule has 0 aliphatic heterocycles. The van der Waals surface area contributed by atoms with E-state index in [0.717, 1.165) is 48.8 Å². The molecule has 0 aromatic heterocycles. The van der Waals surface area contributed by atoms with Crippen molar-refractivity contribution in [1.29, 1.82) is 0 Å². The lowest BCUT2D eigenvalue weighted by Gasteiger charge is -2.02. The second-order valence-corrected chi connectivity index (χ2v) is 8.44. The van der Waals surface area contributed by atoms with Crippen molar-refractivity contribution in [3.63, 3.8) is 0 Å². The van der Waals surface area contributed by atoms with E-state index in [0.29, 0.717) is 11.5 Å². The fourth-order valence-corrected chi connectivity index (χ4v) is 3.58. The van der Waals surface area contributed by atoms with Gasteiger partial charge in [0.25, 0.3) is 22.7 Å². The molecule has 0 saturated carbocycles. The van der Waals surface area contributed by atoms with Gasteiger partial charge < -0.3 is 0 Å². The van der Waals surface area contributed by atoms with Gasteiger partial charge in [-0.1, -0.05) is 0 Å². The fraction of sp³-hybridized carbons (Fsp3) is 0.200. The van der Waals surface area contributed by atoms with Gasteiger partial charge in [-0.2, -0.15) is 22.0 Å². The van der Waals surface area contributed by atoms with Crippen LogP contribution in [-0.4, -0.2) is 55.4 Å². The van der Waals surface area contributed by atoms with Crippen molar-refractivity contribution < 1.29 is 29.3 Å². The Morgan fingerprint density at radius 2 is 1.08 bits per heavy atom. The average Bonchev–Trinajstić information content (AvgIpc) is 2.88. The maximum Gasteiger partial charge on any atom is 0.285 e. The first-order valence-corrected chi connectivity index (χ1v) is 11.7. The predicted octanol–water partition coefficient (Wildman–Crippen LogP) is 2.43. The minimum atomic E-state index is -0.812. The molecule has 204 valence electrons. The maximum absolute atomic E-state index is 11.9. The van der Waals surface area contributed by atoms with Crippen LogP contribution in [0.25, 0.3) is 0 Å². The Kier molecular flexibility index (Phi) is 11.1. The van der Waals surface area contributed by atoms with E-state index >= 15 is 0 Å². The number of carbonyl (C=O) groups excluding carboxylic acids is 2. The van der Waals surface area contributed by atoms with Gasteiger partial charge in [0.05, 0.1) is 55.4 Å². The molecule has 0 radical (unpaired) electrons. The van der Waals surface area contributed by atoms with Crippen LogP contribution in [0.15, 0.2) is 46.6 Å². The highest BCUT2D eigenvalue weighted by atomic mass is 32.2. The van der Waals surface area contributed by atoms with Crippen molar-refractivity contribution in [1.82, 2.24) is 10.9 Å². The lowest BCUT2D eigenvalue weighted by Crippen LogP contribution is -2.19. The van der Waals surface area contributed by atoms with E-state index in [1.807, 2.05) is 0 Å². The summed E-state index contributed by atoms with van der Waals surface area (Å²) in [5.74, 6) is -0.404. The quantitative estimate of drug-likeness (QED) is 0.146. The van der Waals surface area contributed by atoms with Crippen molar-refractivity contribution in [3.05, 3.63) is 88.0 Å². The molecule has 0 aliphatic rings. The van der Waals surface area contributed by atoms with Crippen molar-refractivity contribution in [2.75, 3.05) is 11.5 Å². The van der Waals surface area contributed by atoms with Crippen LogP contribution in [-0.2, 0) is 9.59 Å². The van der Waals surface area contributed by atoms with Crippen LogP contribution in [0.3, 0.4) is 0 Å². The Morgan fingerprint density at radius 1 is 0.692 bits per heavy atom. The number of nitro benzene ring substituents is 4. The SMILES string of the molecule is O=C(CCSCCC(=O)N/N=C/c1ccc([N+](=O)[O-])cc1[N+](=O)[O-])NN=Cc1ccc([N+](=O)[O-])cc1[N+](=O)[O-]. The summed E-state index contributed by atoms with van der Waals surface area (Å²) < 4.78 is 0. The van der Waals surface area contributed by atoms with Crippen molar-refractivity contribution in [2.24, 2.45) is 10.2 Å². The minimum Gasteiger partial charge on any atom is -0.273 e. The van der Waals surface area contributed by atoms with Gasteiger partial charge in [0.2, 0.25) is 11.8 Å². The number of hydrazone groups is 2. The van der Waals surface area contributed by atoms with Crippen LogP contribution in [0, 0.1) is 40.5 Å². The minimum absolute atomic E-state index is 0.00788. The highest BCUT2D eigenvalue weighted by molar-refractivity contribution is 7.99. The van der Waals surface area contributed by atoms with Crippen molar-refractivity contribution in [3.8, 4) is 0 Å². The van der Waals surface area contributed by atoms with E-state index in [1.54, 1.807) is 0 Å². The molecule has 0 saturated heterocycles. The summed E-state index contributed by atoms with van der Waals surface area (Å²) in [7, 11) is 0. The van der Waals surface area contributed by atoms with Crippen LogP contribution in [0.1, 0.15) is 24.0 Å².